The summed E-state index contributed by atoms with van der Waals surface area (Å²) in [6, 6.07) is 18.1. The summed E-state index contributed by atoms with van der Waals surface area (Å²) in [5.41, 5.74) is 2.88. The van der Waals surface area contributed by atoms with Crippen LogP contribution in [0.25, 0.3) is 11.0 Å². The summed E-state index contributed by atoms with van der Waals surface area (Å²) in [6.45, 7) is 0. The van der Waals surface area contributed by atoms with E-state index in [9.17, 15) is 4.79 Å². The van der Waals surface area contributed by atoms with E-state index in [1.807, 2.05) is 42.5 Å². The van der Waals surface area contributed by atoms with Gasteiger partial charge in [0, 0.05) is 10.6 Å². The van der Waals surface area contributed by atoms with Crippen molar-refractivity contribution in [1.82, 2.24) is 0 Å². The van der Waals surface area contributed by atoms with E-state index in [0.717, 1.165) is 22.3 Å². The molecular formula is C17H12O2S. The lowest BCUT2D eigenvalue weighted by atomic mass is 10.0. The highest BCUT2D eigenvalue weighted by atomic mass is 32.2. The molecule has 1 aliphatic rings. The van der Waals surface area contributed by atoms with Gasteiger partial charge < -0.3 is 4.42 Å². The molecule has 0 saturated heterocycles. The largest absolute Gasteiger partial charge is 0.422 e. The summed E-state index contributed by atoms with van der Waals surface area (Å²) in [4.78, 5) is 12.9. The van der Waals surface area contributed by atoms with E-state index < -0.39 is 0 Å². The van der Waals surface area contributed by atoms with Crippen molar-refractivity contribution in [3.8, 4) is 0 Å². The molecule has 20 heavy (non-hydrogen) atoms. The van der Waals surface area contributed by atoms with Crippen LogP contribution in [-0.4, -0.2) is 0 Å². The predicted molar refractivity (Wildman–Crippen MR) is 81.2 cm³/mol. The Morgan fingerprint density at radius 3 is 2.60 bits per heavy atom. The first-order valence-electron chi connectivity index (χ1n) is 6.59. The second-order valence-electron chi connectivity index (χ2n) is 4.91. The Balaban J connectivity index is 1.87. The fraction of sp³-hybridized carbons (Fsp3) is 0.118. The number of benzene rings is 2. The van der Waals surface area contributed by atoms with Gasteiger partial charge in [-0.25, -0.2) is 4.79 Å². The van der Waals surface area contributed by atoms with Gasteiger partial charge in [0.15, 0.2) is 0 Å². The lowest BCUT2D eigenvalue weighted by Crippen LogP contribution is -2.02. The zero-order valence-electron chi connectivity index (χ0n) is 10.7. The molecule has 4 rings (SSSR count). The minimum atomic E-state index is -0.206. The van der Waals surface area contributed by atoms with E-state index in [-0.39, 0.29) is 5.63 Å². The fourth-order valence-corrected chi connectivity index (χ4v) is 4.04. The first-order valence-corrected chi connectivity index (χ1v) is 7.47. The molecule has 98 valence electrons. The van der Waals surface area contributed by atoms with Crippen molar-refractivity contribution in [2.24, 2.45) is 0 Å². The van der Waals surface area contributed by atoms with Gasteiger partial charge in [-0.3, -0.25) is 0 Å². The predicted octanol–water partition coefficient (Wildman–Crippen LogP) is 4.18. The van der Waals surface area contributed by atoms with Gasteiger partial charge in [-0.1, -0.05) is 48.5 Å². The van der Waals surface area contributed by atoms with Gasteiger partial charge in [-0.05, 0) is 23.6 Å². The molecule has 3 heteroatoms. The third-order valence-electron chi connectivity index (χ3n) is 3.70. The number of fused-ring (bicyclic) bond motifs is 3. The molecule has 0 radical (unpaired) electrons. The standard InChI is InChI=1S/C17H12O2S/c18-17-16-13(12-8-4-5-9-14(12)19-17)10-15(20-16)11-6-2-1-3-7-11/h1-9,15H,10H2. The molecule has 0 spiro atoms. The molecule has 2 nitrogen and oxygen atoms in total. The van der Waals surface area contributed by atoms with Crippen molar-refractivity contribution in [3.05, 3.63) is 76.1 Å². The molecule has 1 aliphatic heterocycles. The van der Waals surface area contributed by atoms with E-state index in [1.54, 1.807) is 11.8 Å². The molecule has 3 aromatic rings. The van der Waals surface area contributed by atoms with Gasteiger partial charge in [-0.15, -0.1) is 11.8 Å². The average Bonchev–Trinajstić information content (AvgIpc) is 2.94. The van der Waals surface area contributed by atoms with E-state index in [2.05, 4.69) is 12.1 Å². The Morgan fingerprint density at radius 2 is 1.75 bits per heavy atom. The van der Waals surface area contributed by atoms with Crippen LogP contribution in [0, 0.1) is 0 Å². The number of para-hydroxylation sites is 1. The minimum Gasteiger partial charge on any atom is -0.422 e. The monoisotopic (exact) mass is 280 g/mol. The Kier molecular flexibility index (Phi) is 2.67. The van der Waals surface area contributed by atoms with Crippen molar-refractivity contribution >= 4 is 22.7 Å². The van der Waals surface area contributed by atoms with Crippen molar-refractivity contribution in [3.63, 3.8) is 0 Å². The summed E-state index contributed by atoms with van der Waals surface area (Å²) < 4.78 is 5.41. The highest BCUT2D eigenvalue weighted by Gasteiger charge is 2.28. The van der Waals surface area contributed by atoms with Crippen LogP contribution >= 0.6 is 11.8 Å². The quantitative estimate of drug-likeness (QED) is 0.626. The van der Waals surface area contributed by atoms with Gasteiger partial charge in [0.1, 0.15) is 5.58 Å². The van der Waals surface area contributed by atoms with Gasteiger partial charge >= 0.3 is 5.63 Å². The molecule has 0 bridgehead atoms. The molecule has 0 aliphatic carbocycles. The zero-order chi connectivity index (χ0) is 13.5. The first kappa shape index (κ1) is 11.8. The Morgan fingerprint density at radius 1 is 1.00 bits per heavy atom. The van der Waals surface area contributed by atoms with Crippen LogP contribution in [0.4, 0.5) is 0 Å². The zero-order valence-corrected chi connectivity index (χ0v) is 11.5. The fourth-order valence-electron chi connectivity index (χ4n) is 2.74. The van der Waals surface area contributed by atoms with Crippen LogP contribution < -0.4 is 5.63 Å². The summed E-state index contributed by atoms with van der Waals surface area (Å²) >= 11 is 1.62. The number of thioether (sulfide) groups is 1. The van der Waals surface area contributed by atoms with E-state index in [0.29, 0.717) is 10.8 Å². The highest BCUT2D eigenvalue weighted by molar-refractivity contribution is 7.99. The van der Waals surface area contributed by atoms with Crippen LogP contribution in [0.5, 0.6) is 0 Å². The molecule has 0 N–H and O–H groups in total. The summed E-state index contributed by atoms with van der Waals surface area (Å²) in [7, 11) is 0. The molecule has 1 aromatic heterocycles. The molecule has 1 atom stereocenters. The minimum absolute atomic E-state index is 0.206. The number of rotatable bonds is 1. The number of hydrogen-bond acceptors (Lipinski definition) is 3. The molecule has 2 aromatic carbocycles. The maximum Gasteiger partial charge on any atom is 0.350 e. The van der Waals surface area contributed by atoms with E-state index in [4.69, 9.17) is 4.42 Å². The Bertz CT molecular complexity index is 836. The second kappa shape index (κ2) is 4.53. The van der Waals surface area contributed by atoms with Gasteiger partial charge in [0.2, 0.25) is 0 Å². The maximum atomic E-state index is 12.1. The van der Waals surface area contributed by atoms with Crippen molar-refractivity contribution in [1.29, 1.82) is 0 Å². The summed E-state index contributed by atoms with van der Waals surface area (Å²) in [5, 5.41) is 1.37. The van der Waals surface area contributed by atoms with Crippen molar-refractivity contribution in [2.75, 3.05) is 0 Å². The van der Waals surface area contributed by atoms with Gasteiger partial charge in [-0.2, -0.15) is 0 Å². The second-order valence-corrected chi connectivity index (χ2v) is 6.13. The number of hydrogen-bond donors (Lipinski definition) is 0. The van der Waals surface area contributed by atoms with E-state index >= 15 is 0 Å². The molecule has 0 fully saturated rings. The lowest BCUT2D eigenvalue weighted by molar-refractivity contribution is 0.542. The molecule has 0 saturated carbocycles. The summed E-state index contributed by atoms with van der Waals surface area (Å²) in [6.07, 6.45) is 0.885. The lowest BCUT2D eigenvalue weighted by Gasteiger charge is -2.07. The molecule has 0 amide bonds. The van der Waals surface area contributed by atoms with Crippen LogP contribution in [0.1, 0.15) is 16.4 Å². The highest BCUT2D eigenvalue weighted by Crippen LogP contribution is 2.46. The molecular weight excluding hydrogens is 268 g/mol. The summed E-state index contributed by atoms with van der Waals surface area (Å²) in [5.74, 6) is 0. The normalized spacial score (nSPS) is 17.3. The SMILES string of the molecule is O=c1oc2ccccc2c2c1SC(c1ccccc1)C2. The Labute approximate surface area is 120 Å². The topological polar surface area (TPSA) is 30.2 Å². The third-order valence-corrected chi connectivity index (χ3v) is 5.07. The van der Waals surface area contributed by atoms with Gasteiger partial charge in [0.05, 0.1) is 4.90 Å². The first-order chi connectivity index (χ1) is 9.83. The van der Waals surface area contributed by atoms with Crippen LogP contribution in [0.2, 0.25) is 0 Å². The van der Waals surface area contributed by atoms with Crippen molar-refractivity contribution < 1.29 is 4.42 Å². The van der Waals surface area contributed by atoms with Gasteiger partial charge in [0.25, 0.3) is 0 Å². The van der Waals surface area contributed by atoms with E-state index in [1.165, 1.54) is 5.56 Å². The average molecular weight is 280 g/mol. The Hall–Kier alpha value is -2.00. The van der Waals surface area contributed by atoms with Crippen LogP contribution in [0.3, 0.4) is 0 Å². The maximum absolute atomic E-state index is 12.1. The third kappa shape index (κ3) is 1.78. The smallest absolute Gasteiger partial charge is 0.350 e. The molecule has 2 heterocycles. The van der Waals surface area contributed by atoms with Crippen LogP contribution in [-0.2, 0) is 6.42 Å². The van der Waals surface area contributed by atoms with Crippen LogP contribution in [0.15, 0.2) is 68.7 Å². The van der Waals surface area contributed by atoms with Crippen molar-refractivity contribution in [2.45, 2.75) is 16.6 Å². The molecule has 1 unspecified atom stereocenters.